The van der Waals surface area contributed by atoms with Gasteiger partial charge in [-0.3, -0.25) is 0 Å². The predicted molar refractivity (Wildman–Crippen MR) is 79.3 cm³/mol. The molecule has 1 aliphatic rings. The average Bonchev–Trinajstić information content (AvgIpc) is 2.98. The van der Waals surface area contributed by atoms with E-state index in [1.54, 1.807) is 7.05 Å². The molecule has 0 bridgehead atoms. The fraction of sp³-hybridized carbons (Fsp3) is 0.533. The molecule has 0 aromatic carbocycles. The lowest BCUT2D eigenvalue weighted by molar-refractivity contribution is -0.141. The van der Waals surface area contributed by atoms with Crippen LogP contribution in [0, 0.1) is 5.92 Å². The lowest BCUT2D eigenvalue weighted by Gasteiger charge is -2.28. The van der Waals surface area contributed by atoms with Gasteiger partial charge in [-0.2, -0.15) is 26.3 Å². The van der Waals surface area contributed by atoms with E-state index in [9.17, 15) is 26.3 Å². The average molecular weight is 379 g/mol. The summed E-state index contributed by atoms with van der Waals surface area (Å²) in [5.74, 6) is 0.236. The van der Waals surface area contributed by atoms with Crippen LogP contribution in [-0.2, 0) is 25.3 Å². The summed E-state index contributed by atoms with van der Waals surface area (Å²) in [5, 5.41) is 0. The Labute approximate surface area is 144 Å². The van der Waals surface area contributed by atoms with Crippen LogP contribution in [0.2, 0.25) is 0 Å². The maximum absolute atomic E-state index is 12.7. The van der Waals surface area contributed by atoms with Crippen molar-refractivity contribution in [3.63, 3.8) is 0 Å². The summed E-state index contributed by atoms with van der Waals surface area (Å²) in [7, 11) is 1.56. The number of nitrogens with zero attached hydrogens (tertiary/aromatic N) is 5. The quantitative estimate of drug-likeness (QED) is 0.767. The molecular formula is C15H15F6N5. The number of hydrogen-bond donors (Lipinski definition) is 0. The molecule has 0 spiro atoms. The van der Waals surface area contributed by atoms with Crippen molar-refractivity contribution < 1.29 is 26.3 Å². The van der Waals surface area contributed by atoms with E-state index in [1.807, 2.05) is 0 Å². The van der Waals surface area contributed by atoms with E-state index in [2.05, 4.69) is 15.0 Å². The van der Waals surface area contributed by atoms with Crippen molar-refractivity contribution in [1.29, 1.82) is 0 Å². The first kappa shape index (κ1) is 18.5. The van der Waals surface area contributed by atoms with Gasteiger partial charge in [-0.1, -0.05) is 0 Å². The van der Waals surface area contributed by atoms with Crippen molar-refractivity contribution >= 4 is 5.95 Å². The van der Waals surface area contributed by atoms with Crippen LogP contribution in [0.3, 0.4) is 0 Å². The van der Waals surface area contributed by atoms with Crippen molar-refractivity contribution in [3.05, 3.63) is 35.7 Å². The molecule has 0 radical (unpaired) electrons. The summed E-state index contributed by atoms with van der Waals surface area (Å²) in [6.07, 6.45) is -6.10. The van der Waals surface area contributed by atoms with Crippen molar-refractivity contribution in [1.82, 2.24) is 19.5 Å². The number of halogens is 6. The lowest BCUT2D eigenvalue weighted by Crippen LogP contribution is -2.32. The molecule has 0 amide bonds. The van der Waals surface area contributed by atoms with Gasteiger partial charge in [-0.15, -0.1) is 0 Å². The third kappa shape index (κ3) is 3.91. The first-order valence-electron chi connectivity index (χ1n) is 7.78. The Morgan fingerprint density at radius 2 is 1.81 bits per heavy atom. The minimum atomic E-state index is -4.57. The topological polar surface area (TPSA) is 46.8 Å². The number of alkyl halides is 6. The third-order valence-electron chi connectivity index (χ3n) is 4.19. The second-order valence-electron chi connectivity index (χ2n) is 6.22. The Morgan fingerprint density at radius 3 is 2.46 bits per heavy atom. The molecule has 142 valence electrons. The van der Waals surface area contributed by atoms with Gasteiger partial charge in [-0.25, -0.2) is 15.0 Å². The monoisotopic (exact) mass is 379 g/mol. The maximum atomic E-state index is 12.7. The van der Waals surface area contributed by atoms with Gasteiger partial charge >= 0.3 is 12.4 Å². The highest BCUT2D eigenvalue weighted by molar-refractivity contribution is 5.29. The molecule has 0 saturated carbocycles. The zero-order chi connectivity index (χ0) is 19.1. The Kier molecular flexibility index (Phi) is 4.57. The van der Waals surface area contributed by atoms with Gasteiger partial charge in [0.15, 0.2) is 5.69 Å². The van der Waals surface area contributed by atoms with E-state index in [0.29, 0.717) is 31.8 Å². The minimum absolute atomic E-state index is 0.0547. The van der Waals surface area contributed by atoms with Gasteiger partial charge in [0.05, 0.1) is 0 Å². The Bertz CT molecular complexity index is 782. The van der Waals surface area contributed by atoms with Crippen LogP contribution in [0.5, 0.6) is 0 Å². The van der Waals surface area contributed by atoms with Crippen molar-refractivity contribution in [2.75, 3.05) is 18.5 Å². The molecule has 26 heavy (non-hydrogen) atoms. The van der Waals surface area contributed by atoms with Crippen LogP contribution in [0.25, 0.3) is 0 Å². The first-order chi connectivity index (χ1) is 12.0. The van der Waals surface area contributed by atoms with Gasteiger partial charge in [0, 0.05) is 39.0 Å². The zero-order valence-electron chi connectivity index (χ0n) is 13.6. The van der Waals surface area contributed by atoms with Crippen LogP contribution in [0.15, 0.2) is 18.5 Å². The van der Waals surface area contributed by atoms with Crippen LogP contribution in [-0.4, -0.2) is 33.1 Å². The van der Waals surface area contributed by atoms with E-state index >= 15 is 0 Å². The Balaban J connectivity index is 1.70. The van der Waals surface area contributed by atoms with Crippen molar-refractivity contribution in [2.45, 2.75) is 31.7 Å². The second-order valence-corrected chi connectivity index (χ2v) is 6.22. The van der Waals surface area contributed by atoms with Crippen LogP contribution in [0.4, 0.5) is 32.3 Å². The van der Waals surface area contributed by atoms with Crippen molar-refractivity contribution in [2.24, 2.45) is 5.92 Å². The van der Waals surface area contributed by atoms with Gasteiger partial charge in [0.2, 0.25) is 5.95 Å². The van der Waals surface area contributed by atoms with Gasteiger partial charge in [-0.05, 0) is 18.4 Å². The van der Waals surface area contributed by atoms with E-state index in [0.717, 1.165) is 18.5 Å². The van der Waals surface area contributed by atoms with Gasteiger partial charge in [0.25, 0.3) is 0 Å². The molecule has 0 aliphatic carbocycles. The number of aryl methyl sites for hydroxylation is 1. The standard InChI is InChI=1S/C15H15F6N5/c1-25(13-22-5-4-10(24-13)14(16,17)18)6-9-2-3-12-23-11(15(19,20)21)8-26(12)7-9/h4-5,8-9H,2-3,6-7H2,1H3/t9-/m1/s1. The van der Waals surface area contributed by atoms with Gasteiger partial charge < -0.3 is 9.47 Å². The molecule has 5 nitrogen and oxygen atoms in total. The second kappa shape index (κ2) is 6.44. The minimum Gasteiger partial charge on any atom is -0.344 e. The molecule has 3 rings (SSSR count). The predicted octanol–water partition coefficient (Wildman–Crippen LogP) is 3.41. The highest BCUT2D eigenvalue weighted by Gasteiger charge is 2.36. The lowest BCUT2D eigenvalue weighted by atomic mass is 9.99. The van der Waals surface area contributed by atoms with Gasteiger partial charge in [0.1, 0.15) is 11.5 Å². The SMILES string of the molecule is CN(C[C@H]1CCc2nc(C(F)(F)F)cn2C1)c1nccc(C(F)(F)F)n1. The van der Waals surface area contributed by atoms with E-state index in [-0.39, 0.29) is 11.9 Å². The summed E-state index contributed by atoms with van der Waals surface area (Å²) in [6, 6.07) is 0.786. The number of imidazole rings is 1. The fourth-order valence-corrected chi connectivity index (χ4v) is 2.96. The van der Waals surface area contributed by atoms with Crippen LogP contribution < -0.4 is 4.90 Å². The summed E-state index contributed by atoms with van der Waals surface area (Å²) >= 11 is 0. The van der Waals surface area contributed by atoms with E-state index < -0.39 is 23.7 Å². The number of hydrogen-bond acceptors (Lipinski definition) is 4. The molecule has 3 heterocycles. The highest BCUT2D eigenvalue weighted by atomic mass is 19.4. The maximum Gasteiger partial charge on any atom is 0.434 e. The molecule has 2 aromatic heterocycles. The van der Waals surface area contributed by atoms with E-state index in [4.69, 9.17) is 0 Å². The third-order valence-corrected chi connectivity index (χ3v) is 4.19. The molecular weight excluding hydrogens is 364 g/mol. The number of anilines is 1. The molecule has 0 N–H and O–H groups in total. The summed E-state index contributed by atoms with van der Waals surface area (Å²) in [6.45, 7) is 0.627. The molecule has 0 fully saturated rings. The van der Waals surface area contributed by atoms with Crippen molar-refractivity contribution in [3.8, 4) is 0 Å². The number of aromatic nitrogens is 4. The Morgan fingerprint density at radius 1 is 1.12 bits per heavy atom. The Hall–Kier alpha value is -2.33. The van der Waals surface area contributed by atoms with Crippen LogP contribution in [0.1, 0.15) is 23.6 Å². The highest BCUT2D eigenvalue weighted by Crippen LogP contribution is 2.31. The smallest absolute Gasteiger partial charge is 0.344 e. The van der Waals surface area contributed by atoms with Crippen LogP contribution >= 0.6 is 0 Å². The molecule has 11 heteroatoms. The molecule has 1 atom stereocenters. The number of rotatable bonds is 3. The molecule has 0 unspecified atom stereocenters. The largest absolute Gasteiger partial charge is 0.434 e. The fourth-order valence-electron chi connectivity index (χ4n) is 2.96. The molecule has 0 saturated heterocycles. The first-order valence-corrected chi connectivity index (χ1v) is 7.78. The zero-order valence-corrected chi connectivity index (χ0v) is 13.6. The van der Waals surface area contributed by atoms with E-state index in [1.165, 1.54) is 9.47 Å². The summed E-state index contributed by atoms with van der Waals surface area (Å²) in [4.78, 5) is 12.4. The normalized spacial score (nSPS) is 17.9. The molecule has 2 aromatic rings. The summed E-state index contributed by atoms with van der Waals surface area (Å²) < 4.78 is 77.9. The molecule has 1 aliphatic heterocycles. The number of fused-ring (bicyclic) bond motifs is 1. The summed E-state index contributed by atoms with van der Waals surface area (Å²) in [5.41, 5.74) is -1.97.